The van der Waals surface area contributed by atoms with E-state index in [4.69, 9.17) is 11.5 Å². The van der Waals surface area contributed by atoms with Crippen molar-refractivity contribution >= 4 is 23.0 Å². The number of nitrogens with zero attached hydrogens (tertiary/aromatic N) is 6. The predicted octanol–water partition coefficient (Wildman–Crippen LogP) is 2.49. The summed E-state index contributed by atoms with van der Waals surface area (Å²) < 4.78 is 1.66. The summed E-state index contributed by atoms with van der Waals surface area (Å²) in [6.07, 6.45) is 8.81. The molecule has 1 unspecified atom stereocenters. The third kappa shape index (κ3) is 4.44. The first-order valence-corrected chi connectivity index (χ1v) is 11.1. The van der Waals surface area contributed by atoms with Crippen LogP contribution in [0.1, 0.15) is 23.3 Å². The van der Waals surface area contributed by atoms with Crippen LogP contribution in [0.3, 0.4) is 0 Å². The Labute approximate surface area is 196 Å². The first-order valence-electron chi connectivity index (χ1n) is 11.1. The van der Waals surface area contributed by atoms with E-state index in [1.165, 1.54) is 0 Å². The van der Waals surface area contributed by atoms with Crippen LogP contribution in [0.15, 0.2) is 67.3 Å². The van der Waals surface area contributed by atoms with E-state index < -0.39 is 5.91 Å². The van der Waals surface area contributed by atoms with Crippen molar-refractivity contribution in [1.82, 2.24) is 24.7 Å². The van der Waals surface area contributed by atoms with E-state index >= 15 is 0 Å². The number of carbonyl (C=O) groups is 1. The lowest BCUT2D eigenvalue weighted by Crippen LogP contribution is -2.43. The van der Waals surface area contributed by atoms with Crippen LogP contribution in [-0.4, -0.2) is 49.8 Å². The normalized spacial score (nSPS) is 15.8. The van der Waals surface area contributed by atoms with Crippen LogP contribution in [0, 0.1) is 0 Å². The minimum absolute atomic E-state index is 0.101. The van der Waals surface area contributed by atoms with E-state index in [9.17, 15) is 4.79 Å². The molecule has 0 aromatic carbocycles. The summed E-state index contributed by atoms with van der Waals surface area (Å²) in [5.74, 6) is 0.227. The van der Waals surface area contributed by atoms with Gasteiger partial charge >= 0.3 is 0 Å². The third-order valence-corrected chi connectivity index (χ3v) is 5.72. The van der Waals surface area contributed by atoms with Crippen molar-refractivity contribution < 1.29 is 4.79 Å². The number of hydrogen-bond acceptors (Lipinski definition) is 8. The lowest BCUT2D eigenvalue weighted by Gasteiger charge is -2.33. The average molecular weight is 456 g/mol. The standard InChI is InChI=1S/C24H25N9O/c25-16-4-2-12-32(15-16)21-9-11-27-14-20(21)31-24(34)23-17(26)7-8-19(30-23)18-5-1-6-22(29-18)33-13-3-10-28-33/h1,3,5-11,13-14,16H,2,4,12,15,25-26H2,(H,31,34). The number of pyridine rings is 3. The number of nitrogens with two attached hydrogens (primary N) is 2. The summed E-state index contributed by atoms with van der Waals surface area (Å²) in [5, 5.41) is 7.14. The number of hydrogen-bond donors (Lipinski definition) is 3. The molecule has 5 heterocycles. The zero-order valence-electron chi connectivity index (χ0n) is 18.5. The lowest BCUT2D eigenvalue weighted by molar-refractivity contribution is 0.102. The smallest absolute Gasteiger partial charge is 0.276 e. The summed E-state index contributed by atoms with van der Waals surface area (Å²) >= 11 is 0. The molecule has 1 amide bonds. The molecule has 34 heavy (non-hydrogen) atoms. The van der Waals surface area contributed by atoms with Gasteiger partial charge in [0.05, 0.1) is 34.6 Å². The molecule has 1 atom stereocenters. The lowest BCUT2D eigenvalue weighted by atomic mass is 10.1. The molecule has 4 aromatic rings. The number of nitrogen functional groups attached to an aromatic ring is 1. The first-order chi connectivity index (χ1) is 16.6. The van der Waals surface area contributed by atoms with Crippen LogP contribution < -0.4 is 21.7 Å². The van der Waals surface area contributed by atoms with Crippen molar-refractivity contribution in [3.05, 3.63) is 72.9 Å². The number of nitrogens with one attached hydrogen (secondary N) is 1. The molecular formula is C24H25N9O. The molecule has 10 heteroatoms. The molecule has 1 aliphatic rings. The van der Waals surface area contributed by atoms with Gasteiger partial charge in [-0.05, 0) is 49.2 Å². The Hall–Kier alpha value is -4.31. The number of aromatic nitrogens is 5. The quantitative estimate of drug-likeness (QED) is 0.417. The Balaban J connectivity index is 1.42. The van der Waals surface area contributed by atoms with Gasteiger partial charge in [0, 0.05) is 37.7 Å². The number of carbonyl (C=O) groups excluding carboxylic acids is 1. The SMILES string of the molecule is Nc1ccc(-c2cccc(-n3cccn3)n2)nc1C(=O)Nc1cnccc1N1CCCC(N)C1. The maximum atomic E-state index is 13.2. The Kier molecular flexibility index (Phi) is 5.88. The van der Waals surface area contributed by atoms with E-state index in [1.807, 2.05) is 36.5 Å². The molecule has 0 radical (unpaired) electrons. The topological polar surface area (TPSA) is 141 Å². The van der Waals surface area contributed by atoms with Crippen molar-refractivity contribution in [2.45, 2.75) is 18.9 Å². The van der Waals surface area contributed by atoms with Gasteiger partial charge in [0.15, 0.2) is 11.5 Å². The van der Waals surface area contributed by atoms with Gasteiger partial charge in [0.1, 0.15) is 0 Å². The molecule has 10 nitrogen and oxygen atoms in total. The second kappa shape index (κ2) is 9.28. The maximum absolute atomic E-state index is 13.2. The van der Waals surface area contributed by atoms with Crippen molar-refractivity contribution in [2.24, 2.45) is 5.73 Å². The van der Waals surface area contributed by atoms with Crippen molar-refractivity contribution in [3.8, 4) is 17.2 Å². The highest BCUT2D eigenvalue weighted by molar-refractivity contribution is 6.07. The van der Waals surface area contributed by atoms with Crippen LogP contribution >= 0.6 is 0 Å². The van der Waals surface area contributed by atoms with Gasteiger partial charge in [-0.15, -0.1) is 0 Å². The molecule has 0 spiro atoms. The van der Waals surface area contributed by atoms with Crippen molar-refractivity contribution in [1.29, 1.82) is 0 Å². The minimum atomic E-state index is -0.418. The Morgan fingerprint density at radius 1 is 1.06 bits per heavy atom. The van der Waals surface area contributed by atoms with E-state index in [1.54, 1.807) is 35.4 Å². The average Bonchev–Trinajstić information content (AvgIpc) is 3.40. The first kappa shape index (κ1) is 21.5. The van der Waals surface area contributed by atoms with Gasteiger partial charge < -0.3 is 21.7 Å². The van der Waals surface area contributed by atoms with E-state index in [2.05, 4.69) is 30.3 Å². The van der Waals surface area contributed by atoms with Gasteiger partial charge in [0.25, 0.3) is 5.91 Å². The molecule has 1 saturated heterocycles. The summed E-state index contributed by atoms with van der Waals surface area (Å²) in [4.78, 5) is 28.7. The molecule has 5 N–H and O–H groups in total. The van der Waals surface area contributed by atoms with Crippen LogP contribution in [0.25, 0.3) is 17.2 Å². The second-order valence-electron chi connectivity index (χ2n) is 8.16. The number of piperidine rings is 1. The summed E-state index contributed by atoms with van der Waals surface area (Å²) in [6.45, 7) is 1.59. The third-order valence-electron chi connectivity index (χ3n) is 5.72. The molecule has 0 aliphatic carbocycles. The molecule has 172 valence electrons. The van der Waals surface area contributed by atoms with Gasteiger partial charge in [0.2, 0.25) is 0 Å². The van der Waals surface area contributed by atoms with Crippen LogP contribution in [0.4, 0.5) is 17.1 Å². The zero-order valence-corrected chi connectivity index (χ0v) is 18.5. The van der Waals surface area contributed by atoms with Gasteiger partial charge in [-0.3, -0.25) is 9.78 Å². The fourth-order valence-corrected chi connectivity index (χ4v) is 4.06. The zero-order chi connectivity index (χ0) is 23.5. The fourth-order valence-electron chi connectivity index (χ4n) is 4.06. The predicted molar refractivity (Wildman–Crippen MR) is 131 cm³/mol. The van der Waals surface area contributed by atoms with Gasteiger partial charge in [-0.2, -0.15) is 5.10 Å². The highest BCUT2D eigenvalue weighted by Crippen LogP contribution is 2.28. The molecule has 4 aromatic heterocycles. The summed E-state index contributed by atoms with van der Waals surface area (Å²) in [6, 6.07) is 12.7. The van der Waals surface area contributed by atoms with Crippen LogP contribution in [0.2, 0.25) is 0 Å². The van der Waals surface area contributed by atoms with Crippen molar-refractivity contribution in [3.63, 3.8) is 0 Å². The summed E-state index contributed by atoms with van der Waals surface area (Å²) in [7, 11) is 0. The molecule has 5 rings (SSSR count). The number of anilines is 3. The highest BCUT2D eigenvalue weighted by atomic mass is 16.1. The number of amides is 1. The van der Waals surface area contributed by atoms with E-state index in [-0.39, 0.29) is 17.4 Å². The van der Waals surface area contributed by atoms with E-state index in [0.717, 1.165) is 31.6 Å². The van der Waals surface area contributed by atoms with E-state index in [0.29, 0.717) is 22.9 Å². The minimum Gasteiger partial charge on any atom is -0.397 e. The second-order valence-corrected chi connectivity index (χ2v) is 8.16. The maximum Gasteiger partial charge on any atom is 0.276 e. The number of rotatable bonds is 5. The molecule has 0 saturated carbocycles. The molecular weight excluding hydrogens is 430 g/mol. The molecule has 0 bridgehead atoms. The Bertz CT molecular complexity index is 1310. The van der Waals surface area contributed by atoms with Gasteiger partial charge in [-0.1, -0.05) is 6.07 Å². The van der Waals surface area contributed by atoms with Gasteiger partial charge in [-0.25, -0.2) is 14.6 Å². The molecule has 1 fully saturated rings. The monoisotopic (exact) mass is 455 g/mol. The summed E-state index contributed by atoms with van der Waals surface area (Å²) in [5.41, 5.74) is 15.3. The Morgan fingerprint density at radius 3 is 2.76 bits per heavy atom. The largest absolute Gasteiger partial charge is 0.397 e. The van der Waals surface area contributed by atoms with Crippen LogP contribution in [0.5, 0.6) is 0 Å². The molecule has 1 aliphatic heterocycles. The highest BCUT2D eigenvalue weighted by Gasteiger charge is 2.21. The van der Waals surface area contributed by atoms with Crippen molar-refractivity contribution in [2.75, 3.05) is 29.0 Å². The van der Waals surface area contributed by atoms with Crippen LogP contribution in [-0.2, 0) is 0 Å². The Morgan fingerprint density at radius 2 is 1.94 bits per heavy atom. The fraction of sp³-hybridized carbons (Fsp3) is 0.208.